The summed E-state index contributed by atoms with van der Waals surface area (Å²) in [6, 6.07) is 1.34. The van der Waals surface area contributed by atoms with Crippen LogP contribution in [0.3, 0.4) is 0 Å². The van der Waals surface area contributed by atoms with E-state index in [0.717, 1.165) is 31.0 Å². The van der Waals surface area contributed by atoms with Gasteiger partial charge in [-0.3, -0.25) is 0 Å². The van der Waals surface area contributed by atoms with Crippen molar-refractivity contribution in [1.82, 2.24) is 10.2 Å². The van der Waals surface area contributed by atoms with Crippen molar-refractivity contribution in [3.05, 3.63) is 0 Å². The van der Waals surface area contributed by atoms with Gasteiger partial charge in [-0.15, -0.1) is 0 Å². The molecule has 0 amide bonds. The van der Waals surface area contributed by atoms with Crippen molar-refractivity contribution in [3.63, 3.8) is 0 Å². The monoisotopic (exact) mass is 254 g/mol. The summed E-state index contributed by atoms with van der Waals surface area (Å²) in [5, 5.41) is 3.55. The molecule has 18 heavy (non-hydrogen) atoms. The second kappa shape index (κ2) is 6.36. The third-order valence-corrected chi connectivity index (χ3v) is 5.08. The SMILES string of the molecule is CNC1CC(C)CC(C)C1CN(C)C1CCOC1. The minimum atomic E-state index is 0.647. The first kappa shape index (κ1) is 14.3. The van der Waals surface area contributed by atoms with Gasteiger partial charge < -0.3 is 15.0 Å². The summed E-state index contributed by atoms with van der Waals surface area (Å²) in [4.78, 5) is 2.54. The van der Waals surface area contributed by atoms with E-state index in [0.29, 0.717) is 12.1 Å². The lowest BCUT2D eigenvalue weighted by atomic mass is 9.72. The molecule has 1 N–H and O–H groups in total. The fourth-order valence-corrected chi connectivity index (χ4v) is 3.90. The molecule has 0 bridgehead atoms. The van der Waals surface area contributed by atoms with Gasteiger partial charge >= 0.3 is 0 Å². The molecule has 0 aromatic carbocycles. The Balaban J connectivity index is 1.92. The Kier molecular flexibility index (Phi) is 5.05. The molecule has 0 spiro atoms. The minimum absolute atomic E-state index is 0.647. The average Bonchev–Trinajstić information content (AvgIpc) is 2.85. The van der Waals surface area contributed by atoms with Crippen molar-refractivity contribution in [3.8, 4) is 0 Å². The summed E-state index contributed by atoms with van der Waals surface area (Å²) < 4.78 is 5.51. The van der Waals surface area contributed by atoms with Gasteiger partial charge in [-0.05, 0) is 51.1 Å². The van der Waals surface area contributed by atoms with Crippen LogP contribution in [0.15, 0.2) is 0 Å². The van der Waals surface area contributed by atoms with Crippen molar-refractivity contribution in [2.75, 3.05) is 33.9 Å². The van der Waals surface area contributed by atoms with E-state index in [4.69, 9.17) is 4.74 Å². The molecule has 1 aliphatic heterocycles. The molecular formula is C15H30N2O. The van der Waals surface area contributed by atoms with Gasteiger partial charge in [0, 0.05) is 25.2 Å². The lowest BCUT2D eigenvalue weighted by molar-refractivity contribution is 0.0899. The lowest BCUT2D eigenvalue weighted by Crippen LogP contribution is -2.49. The van der Waals surface area contributed by atoms with Gasteiger partial charge in [-0.25, -0.2) is 0 Å². The van der Waals surface area contributed by atoms with E-state index in [-0.39, 0.29) is 0 Å². The minimum Gasteiger partial charge on any atom is -0.380 e. The van der Waals surface area contributed by atoms with Gasteiger partial charge in [0.2, 0.25) is 0 Å². The molecule has 2 fully saturated rings. The smallest absolute Gasteiger partial charge is 0.0622 e. The molecule has 5 atom stereocenters. The highest BCUT2D eigenvalue weighted by Gasteiger charge is 2.35. The number of likely N-dealkylation sites (N-methyl/N-ethyl adjacent to an activating group) is 1. The zero-order chi connectivity index (χ0) is 13.1. The summed E-state index contributed by atoms with van der Waals surface area (Å²) in [5.74, 6) is 2.49. The molecule has 1 aliphatic carbocycles. The Bertz CT molecular complexity index is 253. The van der Waals surface area contributed by atoms with E-state index < -0.39 is 0 Å². The molecule has 0 aromatic rings. The second-order valence-corrected chi connectivity index (χ2v) is 6.57. The Hall–Kier alpha value is -0.120. The van der Waals surface area contributed by atoms with E-state index in [1.165, 1.54) is 25.8 Å². The van der Waals surface area contributed by atoms with Gasteiger partial charge in [0.15, 0.2) is 0 Å². The summed E-state index contributed by atoms with van der Waals surface area (Å²) in [6.45, 7) is 7.92. The number of nitrogens with zero attached hydrogens (tertiary/aromatic N) is 1. The van der Waals surface area contributed by atoms with E-state index in [9.17, 15) is 0 Å². The molecule has 0 aromatic heterocycles. The zero-order valence-electron chi connectivity index (χ0n) is 12.5. The number of ether oxygens (including phenoxy) is 1. The van der Waals surface area contributed by atoms with Gasteiger partial charge in [-0.2, -0.15) is 0 Å². The van der Waals surface area contributed by atoms with Crippen LogP contribution in [-0.4, -0.2) is 50.8 Å². The number of rotatable bonds is 4. The van der Waals surface area contributed by atoms with Gasteiger partial charge in [0.1, 0.15) is 0 Å². The van der Waals surface area contributed by atoms with Crippen LogP contribution in [-0.2, 0) is 4.74 Å². The van der Waals surface area contributed by atoms with E-state index in [2.05, 4.69) is 38.2 Å². The largest absolute Gasteiger partial charge is 0.380 e. The van der Waals surface area contributed by atoms with E-state index in [1.807, 2.05) is 0 Å². The maximum atomic E-state index is 5.51. The summed E-state index contributed by atoms with van der Waals surface area (Å²) in [7, 11) is 4.40. The quantitative estimate of drug-likeness (QED) is 0.830. The highest BCUT2D eigenvalue weighted by Crippen LogP contribution is 2.34. The second-order valence-electron chi connectivity index (χ2n) is 6.57. The molecule has 1 saturated carbocycles. The van der Waals surface area contributed by atoms with Crippen molar-refractivity contribution < 1.29 is 4.74 Å². The summed E-state index contributed by atoms with van der Waals surface area (Å²) in [6.07, 6.45) is 3.93. The highest BCUT2D eigenvalue weighted by atomic mass is 16.5. The van der Waals surface area contributed by atoms with Crippen LogP contribution in [0.2, 0.25) is 0 Å². The summed E-state index contributed by atoms with van der Waals surface area (Å²) >= 11 is 0. The zero-order valence-corrected chi connectivity index (χ0v) is 12.5. The van der Waals surface area contributed by atoms with Crippen LogP contribution in [0.25, 0.3) is 0 Å². The Morgan fingerprint density at radius 1 is 1.28 bits per heavy atom. The van der Waals surface area contributed by atoms with E-state index >= 15 is 0 Å². The molecule has 1 heterocycles. The van der Waals surface area contributed by atoms with Crippen LogP contribution < -0.4 is 5.32 Å². The first-order chi connectivity index (χ1) is 8.61. The van der Waals surface area contributed by atoms with Crippen molar-refractivity contribution in [2.24, 2.45) is 17.8 Å². The molecule has 2 rings (SSSR count). The van der Waals surface area contributed by atoms with E-state index in [1.54, 1.807) is 0 Å². The number of hydrogen-bond donors (Lipinski definition) is 1. The van der Waals surface area contributed by atoms with Crippen LogP contribution in [0.1, 0.15) is 33.1 Å². The van der Waals surface area contributed by atoms with Crippen molar-refractivity contribution in [2.45, 2.75) is 45.2 Å². The molecule has 106 valence electrons. The molecule has 2 aliphatic rings. The van der Waals surface area contributed by atoms with Crippen molar-refractivity contribution in [1.29, 1.82) is 0 Å². The Morgan fingerprint density at radius 2 is 2.06 bits per heavy atom. The topological polar surface area (TPSA) is 24.5 Å². The van der Waals surface area contributed by atoms with Crippen LogP contribution in [0.4, 0.5) is 0 Å². The standard InChI is InChI=1S/C15H30N2O/c1-11-7-12(2)14(15(8-11)16-3)9-17(4)13-5-6-18-10-13/h11-16H,5-10H2,1-4H3. The number of nitrogens with one attached hydrogen (secondary N) is 1. The lowest BCUT2D eigenvalue weighted by Gasteiger charge is -2.42. The van der Waals surface area contributed by atoms with Crippen LogP contribution >= 0.6 is 0 Å². The first-order valence-corrected chi connectivity index (χ1v) is 7.57. The summed E-state index contributed by atoms with van der Waals surface area (Å²) in [5.41, 5.74) is 0. The van der Waals surface area contributed by atoms with Gasteiger partial charge in [-0.1, -0.05) is 13.8 Å². The fourth-order valence-electron chi connectivity index (χ4n) is 3.90. The Morgan fingerprint density at radius 3 is 2.67 bits per heavy atom. The third kappa shape index (κ3) is 3.25. The van der Waals surface area contributed by atoms with Crippen LogP contribution in [0.5, 0.6) is 0 Å². The fraction of sp³-hybridized carbons (Fsp3) is 1.00. The molecule has 0 radical (unpaired) electrons. The van der Waals surface area contributed by atoms with Gasteiger partial charge in [0.05, 0.1) is 6.61 Å². The van der Waals surface area contributed by atoms with Gasteiger partial charge in [0.25, 0.3) is 0 Å². The molecular weight excluding hydrogens is 224 g/mol. The van der Waals surface area contributed by atoms with Crippen molar-refractivity contribution >= 4 is 0 Å². The van der Waals surface area contributed by atoms with Crippen LogP contribution in [0, 0.1) is 17.8 Å². The first-order valence-electron chi connectivity index (χ1n) is 7.57. The normalized spacial score (nSPS) is 41.5. The Labute approximate surface area is 112 Å². The number of hydrogen-bond acceptors (Lipinski definition) is 3. The highest BCUT2D eigenvalue weighted by molar-refractivity contribution is 4.89. The predicted octanol–water partition coefficient (Wildman–Crippen LogP) is 1.98. The maximum Gasteiger partial charge on any atom is 0.0622 e. The maximum absolute atomic E-state index is 5.51. The predicted molar refractivity (Wildman–Crippen MR) is 75.8 cm³/mol. The average molecular weight is 254 g/mol. The molecule has 5 unspecified atom stereocenters. The molecule has 1 saturated heterocycles. The third-order valence-electron chi connectivity index (χ3n) is 5.08. The molecule has 3 nitrogen and oxygen atoms in total. The molecule has 3 heteroatoms.